The van der Waals surface area contributed by atoms with Gasteiger partial charge in [-0.1, -0.05) is 42.1 Å². The molecule has 2 aromatic rings. The van der Waals surface area contributed by atoms with E-state index in [0.29, 0.717) is 12.2 Å². The Morgan fingerprint density at radius 1 is 1.45 bits per heavy atom. The Kier molecular flexibility index (Phi) is 5.79. The van der Waals surface area contributed by atoms with E-state index in [1.54, 1.807) is 19.2 Å². The van der Waals surface area contributed by atoms with Crippen LogP contribution in [0.1, 0.15) is 17.4 Å². The maximum atomic E-state index is 14.6. The molecule has 1 aromatic heterocycles. The van der Waals surface area contributed by atoms with Crippen LogP contribution in [0.4, 0.5) is 4.39 Å². The summed E-state index contributed by atoms with van der Waals surface area (Å²) in [5.41, 5.74) is 1.68. The van der Waals surface area contributed by atoms with Crippen LogP contribution in [-0.2, 0) is 16.2 Å². The summed E-state index contributed by atoms with van der Waals surface area (Å²) < 4.78 is 20.7. The Bertz CT molecular complexity index is 611. The van der Waals surface area contributed by atoms with Crippen molar-refractivity contribution in [2.24, 2.45) is 5.16 Å². The molecule has 0 bridgehead atoms. The smallest absolute Gasteiger partial charge is 0.239 e. The Labute approximate surface area is 127 Å². The normalized spacial score (nSPS) is 12.9. The minimum atomic E-state index is -1.60. The van der Waals surface area contributed by atoms with Crippen molar-refractivity contribution in [1.29, 1.82) is 0 Å². The molecule has 0 aliphatic rings. The van der Waals surface area contributed by atoms with Crippen molar-refractivity contribution in [1.82, 2.24) is 14.8 Å². The van der Waals surface area contributed by atoms with Crippen molar-refractivity contribution in [3.8, 4) is 0 Å². The van der Waals surface area contributed by atoms with Crippen molar-refractivity contribution in [2.45, 2.75) is 12.9 Å². The van der Waals surface area contributed by atoms with Crippen molar-refractivity contribution in [3.63, 3.8) is 0 Å². The topological polar surface area (TPSA) is 61.5 Å². The summed E-state index contributed by atoms with van der Waals surface area (Å²) in [5, 5.41) is 7.66. The first kappa shape index (κ1) is 15.8. The Hall–Kier alpha value is -2.54. The average Bonchev–Trinajstić information content (AvgIpc) is 3.07. The van der Waals surface area contributed by atoms with E-state index in [9.17, 15) is 4.39 Å². The predicted octanol–water partition coefficient (Wildman–Crippen LogP) is 2.50. The summed E-state index contributed by atoms with van der Waals surface area (Å²) in [6, 6.07) is 7.20. The molecule has 0 aliphatic carbocycles. The van der Waals surface area contributed by atoms with Gasteiger partial charge in [0.1, 0.15) is 25.0 Å². The van der Waals surface area contributed by atoms with E-state index in [-0.39, 0.29) is 12.3 Å². The third-order valence-electron chi connectivity index (χ3n) is 2.81. The van der Waals surface area contributed by atoms with E-state index in [1.807, 2.05) is 12.1 Å². The molecule has 1 heterocycles. The van der Waals surface area contributed by atoms with Crippen molar-refractivity contribution >= 4 is 5.71 Å². The summed E-state index contributed by atoms with van der Waals surface area (Å²) >= 11 is 0. The summed E-state index contributed by atoms with van der Waals surface area (Å²) in [4.78, 5) is 8.78. The summed E-state index contributed by atoms with van der Waals surface area (Å²) in [6.07, 6.45) is 2.48. The van der Waals surface area contributed by atoms with E-state index in [4.69, 9.17) is 9.57 Å². The van der Waals surface area contributed by atoms with Gasteiger partial charge in [-0.3, -0.25) is 0 Å². The first-order valence-electron chi connectivity index (χ1n) is 6.63. The maximum Gasteiger partial charge on any atom is 0.239 e. The Morgan fingerprint density at radius 2 is 2.23 bits per heavy atom. The van der Waals surface area contributed by atoms with Gasteiger partial charge in [-0.05, 0) is 5.56 Å². The zero-order chi connectivity index (χ0) is 15.8. The predicted molar refractivity (Wildman–Crippen MR) is 80.0 cm³/mol. The second-order valence-corrected chi connectivity index (χ2v) is 4.40. The largest absolute Gasteiger partial charge is 0.391 e. The van der Waals surface area contributed by atoms with Gasteiger partial charge in [0, 0.05) is 12.7 Å². The fraction of sp³-hybridized carbons (Fsp3) is 0.267. The van der Waals surface area contributed by atoms with Crippen molar-refractivity contribution in [2.75, 3.05) is 13.7 Å². The highest BCUT2D eigenvalue weighted by Gasteiger charge is 2.20. The van der Waals surface area contributed by atoms with E-state index >= 15 is 0 Å². The number of oxime groups is 1. The number of alkyl halides is 1. The number of aromatic nitrogens is 3. The van der Waals surface area contributed by atoms with Crippen LogP contribution in [0, 0.1) is 0 Å². The summed E-state index contributed by atoms with van der Waals surface area (Å²) in [5.74, 6) is 0. The molecule has 2 rings (SSSR count). The SMILES string of the molecule is C=CCON=C(c1ccc(COC)cc1)C(F)n1cncn1. The Morgan fingerprint density at radius 3 is 2.82 bits per heavy atom. The van der Waals surface area contributed by atoms with E-state index < -0.39 is 6.30 Å². The lowest BCUT2D eigenvalue weighted by Gasteiger charge is -2.12. The van der Waals surface area contributed by atoms with Crippen LogP contribution in [0.3, 0.4) is 0 Å². The number of halogens is 1. The van der Waals surface area contributed by atoms with E-state index in [2.05, 4.69) is 21.8 Å². The van der Waals surface area contributed by atoms with Crippen LogP contribution in [-0.4, -0.2) is 34.2 Å². The first-order valence-corrected chi connectivity index (χ1v) is 6.63. The van der Waals surface area contributed by atoms with Gasteiger partial charge < -0.3 is 9.57 Å². The molecule has 1 atom stereocenters. The van der Waals surface area contributed by atoms with Crippen molar-refractivity contribution in [3.05, 3.63) is 60.7 Å². The zero-order valence-corrected chi connectivity index (χ0v) is 12.2. The molecule has 0 aliphatic heterocycles. The number of methoxy groups -OCH3 is 1. The second kappa shape index (κ2) is 8.04. The molecule has 1 unspecified atom stereocenters. The first-order chi connectivity index (χ1) is 10.8. The van der Waals surface area contributed by atoms with Crippen LogP contribution < -0.4 is 0 Å². The number of hydrogen-bond donors (Lipinski definition) is 0. The number of benzene rings is 1. The third kappa shape index (κ3) is 3.98. The quantitative estimate of drug-likeness (QED) is 0.325. The molecule has 0 amide bonds. The van der Waals surface area contributed by atoms with Crippen molar-refractivity contribution < 1.29 is 14.0 Å². The van der Waals surface area contributed by atoms with Crippen LogP contribution in [0.15, 0.2) is 54.7 Å². The highest BCUT2D eigenvalue weighted by Crippen LogP contribution is 2.17. The van der Waals surface area contributed by atoms with E-state index in [0.717, 1.165) is 10.2 Å². The maximum absolute atomic E-state index is 14.6. The molecule has 0 radical (unpaired) electrons. The van der Waals surface area contributed by atoms with Gasteiger partial charge in [0.05, 0.1) is 6.61 Å². The molecule has 0 spiro atoms. The monoisotopic (exact) mass is 304 g/mol. The minimum Gasteiger partial charge on any atom is -0.391 e. The van der Waals surface area contributed by atoms with Crippen LogP contribution in [0.25, 0.3) is 0 Å². The molecule has 22 heavy (non-hydrogen) atoms. The lowest BCUT2D eigenvalue weighted by atomic mass is 10.1. The molecule has 0 saturated heterocycles. The van der Waals surface area contributed by atoms with Gasteiger partial charge in [-0.15, -0.1) is 0 Å². The summed E-state index contributed by atoms with van der Waals surface area (Å²) in [7, 11) is 1.62. The van der Waals surface area contributed by atoms with Gasteiger partial charge in [0.25, 0.3) is 0 Å². The standard InChI is InChI=1S/C15H17FN4O2/c1-3-8-22-19-14(15(16)20-11-17-10-18-20)13-6-4-12(5-7-13)9-21-2/h3-7,10-11,15H,1,8-9H2,2H3. The Balaban J connectivity index is 2.27. The molecule has 0 N–H and O–H groups in total. The highest BCUT2D eigenvalue weighted by molar-refractivity contribution is 6.02. The molecular weight excluding hydrogens is 287 g/mol. The van der Waals surface area contributed by atoms with Crippen LogP contribution in [0.5, 0.6) is 0 Å². The van der Waals surface area contributed by atoms with Gasteiger partial charge in [-0.2, -0.15) is 5.10 Å². The zero-order valence-electron chi connectivity index (χ0n) is 12.2. The lowest BCUT2D eigenvalue weighted by Crippen LogP contribution is -2.18. The highest BCUT2D eigenvalue weighted by atomic mass is 19.1. The molecule has 1 aromatic carbocycles. The lowest BCUT2D eigenvalue weighted by molar-refractivity contribution is 0.168. The fourth-order valence-corrected chi connectivity index (χ4v) is 1.79. The molecule has 7 heteroatoms. The number of nitrogens with zero attached hydrogens (tertiary/aromatic N) is 4. The molecular formula is C15H17FN4O2. The molecule has 6 nitrogen and oxygen atoms in total. The third-order valence-corrected chi connectivity index (χ3v) is 2.81. The second-order valence-electron chi connectivity index (χ2n) is 4.40. The van der Waals surface area contributed by atoms with Gasteiger partial charge in [-0.25, -0.2) is 14.1 Å². The van der Waals surface area contributed by atoms with Gasteiger partial charge >= 0.3 is 0 Å². The summed E-state index contributed by atoms with van der Waals surface area (Å²) in [6.45, 7) is 4.21. The number of ether oxygens (including phenoxy) is 1. The number of hydrogen-bond acceptors (Lipinski definition) is 5. The average molecular weight is 304 g/mol. The number of rotatable bonds is 8. The fourth-order valence-electron chi connectivity index (χ4n) is 1.79. The van der Waals surface area contributed by atoms with Crippen LogP contribution in [0.2, 0.25) is 0 Å². The molecule has 0 fully saturated rings. The molecule has 116 valence electrons. The molecule has 0 saturated carbocycles. The van der Waals surface area contributed by atoms with Gasteiger partial charge in [0.2, 0.25) is 6.30 Å². The minimum absolute atomic E-state index is 0.108. The van der Waals surface area contributed by atoms with Gasteiger partial charge in [0.15, 0.2) is 0 Å². The van der Waals surface area contributed by atoms with Crippen LogP contribution >= 0.6 is 0 Å². The van der Waals surface area contributed by atoms with E-state index in [1.165, 1.54) is 18.7 Å².